The van der Waals surface area contributed by atoms with Gasteiger partial charge in [0.25, 0.3) is 0 Å². The van der Waals surface area contributed by atoms with Crippen molar-refractivity contribution >= 4 is 35.1 Å². The molecule has 2 N–H and O–H groups in total. The number of hydrogen-bond acceptors (Lipinski definition) is 5. The Bertz CT molecular complexity index is 782. The van der Waals surface area contributed by atoms with Crippen LogP contribution in [0.2, 0.25) is 10.0 Å². The zero-order valence-electron chi connectivity index (χ0n) is 12.6. The molecule has 3 heterocycles. The highest BCUT2D eigenvalue weighted by molar-refractivity contribution is 6.42. The molecule has 24 heavy (non-hydrogen) atoms. The molecule has 1 amide bonds. The van der Waals surface area contributed by atoms with Gasteiger partial charge in [-0.2, -0.15) is 10.1 Å². The molecule has 0 radical (unpaired) electrons. The summed E-state index contributed by atoms with van der Waals surface area (Å²) in [7, 11) is 0. The quantitative estimate of drug-likeness (QED) is 0.847. The van der Waals surface area contributed by atoms with Crippen molar-refractivity contribution in [3.8, 4) is 5.75 Å². The molecule has 126 valence electrons. The molecule has 0 saturated carbocycles. The van der Waals surface area contributed by atoms with Gasteiger partial charge < -0.3 is 14.9 Å². The molecule has 0 aliphatic carbocycles. The fourth-order valence-electron chi connectivity index (χ4n) is 3.63. The number of phenols is 1. The maximum absolute atomic E-state index is 12.5. The summed E-state index contributed by atoms with van der Waals surface area (Å²) in [4.78, 5) is 20.4. The maximum Gasteiger partial charge on any atom is 0.242 e. The van der Waals surface area contributed by atoms with Crippen molar-refractivity contribution in [3.63, 3.8) is 0 Å². The van der Waals surface area contributed by atoms with Crippen LogP contribution in [0.15, 0.2) is 18.5 Å². The molecule has 2 aliphatic rings. The van der Waals surface area contributed by atoms with Crippen LogP contribution in [0.1, 0.15) is 17.9 Å². The summed E-state index contributed by atoms with van der Waals surface area (Å²) >= 11 is 12.4. The number of aromatic hydroxyl groups is 1. The van der Waals surface area contributed by atoms with Crippen molar-refractivity contribution in [2.45, 2.75) is 18.4 Å². The predicted octanol–water partition coefficient (Wildman–Crippen LogP) is 2.02. The van der Waals surface area contributed by atoms with Crippen molar-refractivity contribution in [3.05, 3.63) is 34.1 Å². The van der Waals surface area contributed by atoms with Gasteiger partial charge in [0.2, 0.25) is 11.9 Å². The second-order valence-electron chi connectivity index (χ2n) is 6.12. The smallest absolute Gasteiger partial charge is 0.242 e. The Balaban J connectivity index is 1.60. The number of nitrogens with zero attached hydrogens (tertiary/aromatic N) is 4. The standard InChI is InChI=1S/C15H15Cl2N5O2/c16-10-1-2-11(23)13(14(10)17)8-3-9-5-21(15-18-7-19-20-15)6-12(24)22(9)4-8/h1-2,7-9,23H,3-6H2,(H,18,19,20)/t8-,9-/m0/s1. The zero-order chi connectivity index (χ0) is 16.8. The van der Waals surface area contributed by atoms with Crippen molar-refractivity contribution in [1.82, 2.24) is 20.1 Å². The van der Waals surface area contributed by atoms with E-state index in [9.17, 15) is 9.90 Å². The molecule has 0 bridgehead atoms. The third-order valence-corrected chi connectivity index (χ3v) is 5.53. The Kier molecular flexibility index (Phi) is 3.77. The summed E-state index contributed by atoms with van der Waals surface area (Å²) in [6.07, 6.45) is 2.14. The predicted molar refractivity (Wildman–Crippen MR) is 89.6 cm³/mol. The van der Waals surface area contributed by atoms with Gasteiger partial charge in [-0.05, 0) is 18.6 Å². The Labute approximate surface area is 148 Å². The monoisotopic (exact) mass is 367 g/mol. The molecule has 2 fully saturated rings. The van der Waals surface area contributed by atoms with Gasteiger partial charge in [0.1, 0.15) is 12.1 Å². The first-order chi connectivity index (χ1) is 11.5. The van der Waals surface area contributed by atoms with Crippen LogP contribution in [0, 0.1) is 0 Å². The van der Waals surface area contributed by atoms with Crippen molar-refractivity contribution in [2.75, 3.05) is 24.5 Å². The van der Waals surface area contributed by atoms with Gasteiger partial charge in [-0.25, -0.2) is 5.10 Å². The number of carbonyl (C=O) groups is 1. The van der Waals surface area contributed by atoms with E-state index in [4.69, 9.17) is 23.2 Å². The molecule has 4 rings (SSSR count). The number of halogens is 2. The molecular weight excluding hydrogens is 353 g/mol. The van der Waals surface area contributed by atoms with Gasteiger partial charge in [-0.1, -0.05) is 23.2 Å². The number of aromatic nitrogens is 3. The van der Waals surface area contributed by atoms with Gasteiger partial charge in [0, 0.05) is 24.6 Å². The van der Waals surface area contributed by atoms with E-state index in [0.717, 1.165) is 0 Å². The largest absolute Gasteiger partial charge is 0.508 e. The van der Waals surface area contributed by atoms with Crippen LogP contribution in [0.5, 0.6) is 5.75 Å². The minimum absolute atomic E-state index is 0.0304. The highest BCUT2D eigenvalue weighted by Gasteiger charge is 2.42. The lowest BCUT2D eigenvalue weighted by atomic mass is 9.95. The molecule has 1 aromatic carbocycles. The first-order valence-electron chi connectivity index (χ1n) is 7.61. The number of fused-ring (bicyclic) bond motifs is 1. The van der Waals surface area contributed by atoms with Crippen LogP contribution < -0.4 is 4.90 Å². The van der Waals surface area contributed by atoms with Crippen LogP contribution in [0.4, 0.5) is 5.95 Å². The van der Waals surface area contributed by atoms with Crippen LogP contribution in [0.3, 0.4) is 0 Å². The van der Waals surface area contributed by atoms with E-state index in [1.165, 1.54) is 6.33 Å². The molecule has 7 nitrogen and oxygen atoms in total. The van der Waals surface area contributed by atoms with Crippen LogP contribution in [-0.4, -0.2) is 56.8 Å². The number of H-pyrrole nitrogens is 1. The summed E-state index contributed by atoms with van der Waals surface area (Å²) in [5.41, 5.74) is 0.623. The lowest BCUT2D eigenvalue weighted by Crippen LogP contribution is -2.54. The first kappa shape index (κ1) is 15.5. The molecule has 2 aromatic rings. The van der Waals surface area contributed by atoms with Gasteiger partial charge in [0.05, 0.1) is 22.6 Å². The minimum atomic E-state index is -0.0418. The van der Waals surface area contributed by atoms with Gasteiger partial charge in [-0.3, -0.25) is 4.79 Å². The highest BCUT2D eigenvalue weighted by atomic mass is 35.5. The van der Waals surface area contributed by atoms with E-state index in [0.29, 0.717) is 41.1 Å². The molecule has 1 aromatic heterocycles. The Morgan fingerprint density at radius 2 is 2.12 bits per heavy atom. The topological polar surface area (TPSA) is 85.3 Å². The fraction of sp³-hybridized carbons (Fsp3) is 0.400. The molecule has 0 spiro atoms. The lowest BCUT2D eigenvalue weighted by molar-refractivity contribution is -0.132. The Hall–Kier alpha value is -1.99. The summed E-state index contributed by atoms with van der Waals surface area (Å²) in [5, 5.41) is 17.6. The lowest BCUT2D eigenvalue weighted by Gasteiger charge is -2.36. The first-order valence-corrected chi connectivity index (χ1v) is 8.37. The SMILES string of the molecule is O=C1CN(c2ncn[nH]2)C[C@@H]2C[C@H](c3c(O)ccc(Cl)c3Cl)CN12. The third-order valence-electron chi connectivity index (χ3n) is 4.71. The zero-order valence-corrected chi connectivity index (χ0v) is 14.1. The number of benzene rings is 1. The van der Waals surface area contributed by atoms with E-state index in [1.54, 1.807) is 12.1 Å². The van der Waals surface area contributed by atoms with Crippen LogP contribution >= 0.6 is 23.2 Å². The van der Waals surface area contributed by atoms with Crippen molar-refractivity contribution in [1.29, 1.82) is 0 Å². The number of piperazine rings is 1. The van der Waals surface area contributed by atoms with E-state index in [-0.39, 0.29) is 30.2 Å². The molecule has 2 saturated heterocycles. The van der Waals surface area contributed by atoms with Crippen LogP contribution in [-0.2, 0) is 4.79 Å². The van der Waals surface area contributed by atoms with Gasteiger partial charge in [-0.15, -0.1) is 0 Å². The van der Waals surface area contributed by atoms with E-state index >= 15 is 0 Å². The second kappa shape index (κ2) is 5.82. The van der Waals surface area contributed by atoms with Crippen LogP contribution in [0.25, 0.3) is 0 Å². The Morgan fingerprint density at radius 1 is 1.29 bits per heavy atom. The second-order valence-corrected chi connectivity index (χ2v) is 6.90. The summed E-state index contributed by atoms with van der Waals surface area (Å²) in [6, 6.07) is 3.15. The molecule has 2 aliphatic heterocycles. The molecule has 9 heteroatoms. The number of aromatic amines is 1. The number of rotatable bonds is 2. The van der Waals surface area contributed by atoms with E-state index in [2.05, 4.69) is 15.2 Å². The summed E-state index contributed by atoms with van der Waals surface area (Å²) in [5.74, 6) is 0.700. The normalized spacial score (nSPS) is 23.7. The molecular formula is C15H15Cl2N5O2. The number of carbonyl (C=O) groups excluding carboxylic acids is 1. The van der Waals surface area contributed by atoms with Gasteiger partial charge in [0.15, 0.2) is 0 Å². The number of nitrogens with one attached hydrogen (secondary N) is 1. The number of amides is 1. The van der Waals surface area contributed by atoms with Gasteiger partial charge >= 0.3 is 0 Å². The molecule has 0 unspecified atom stereocenters. The number of phenolic OH excluding ortho intramolecular Hbond substituents is 1. The van der Waals surface area contributed by atoms with Crippen molar-refractivity contribution in [2.24, 2.45) is 0 Å². The summed E-state index contributed by atoms with van der Waals surface area (Å²) < 4.78 is 0. The average Bonchev–Trinajstić information content (AvgIpc) is 3.20. The minimum Gasteiger partial charge on any atom is -0.508 e. The fourth-order valence-corrected chi connectivity index (χ4v) is 4.11. The summed E-state index contributed by atoms with van der Waals surface area (Å²) in [6.45, 7) is 1.45. The van der Waals surface area contributed by atoms with E-state index in [1.807, 2.05) is 9.80 Å². The number of hydrogen-bond donors (Lipinski definition) is 2. The van der Waals surface area contributed by atoms with E-state index < -0.39 is 0 Å². The third kappa shape index (κ3) is 2.48. The maximum atomic E-state index is 12.5. The van der Waals surface area contributed by atoms with Crippen molar-refractivity contribution < 1.29 is 9.90 Å². The Morgan fingerprint density at radius 3 is 2.88 bits per heavy atom. The number of anilines is 1. The average molecular weight is 368 g/mol. The highest BCUT2D eigenvalue weighted by Crippen LogP contribution is 2.43. The molecule has 2 atom stereocenters.